The average Bonchev–Trinajstić information content (AvgIpc) is 3.06. The second-order valence-electron chi connectivity index (χ2n) is 6.71. The molecular formula is C17H18F3N5O2. The second-order valence-corrected chi connectivity index (χ2v) is 6.71. The van der Waals surface area contributed by atoms with E-state index in [1.165, 1.54) is 12.4 Å². The Hall–Kier alpha value is -2.49. The van der Waals surface area contributed by atoms with Gasteiger partial charge in [-0.25, -0.2) is 9.67 Å². The maximum atomic E-state index is 12.9. The molecule has 27 heavy (non-hydrogen) atoms. The van der Waals surface area contributed by atoms with E-state index < -0.39 is 12.1 Å². The summed E-state index contributed by atoms with van der Waals surface area (Å²) < 4.78 is 45.9. The summed E-state index contributed by atoms with van der Waals surface area (Å²) in [7, 11) is 0. The predicted octanol–water partition coefficient (Wildman–Crippen LogP) is 2.55. The first-order valence-corrected chi connectivity index (χ1v) is 8.76. The van der Waals surface area contributed by atoms with Crippen molar-refractivity contribution < 1.29 is 17.9 Å². The Morgan fingerprint density at radius 3 is 2.81 bits per heavy atom. The normalized spacial score (nSPS) is 21.6. The number of aliphatic imine (C=N–C) groups is 1. The minimum atomic E-state index is -4.32. The number of alkyl halides is 3. The number of H-pyrrole nitrogens is 1. The van der Waals surface area contributed by atoms with Crippen LogP contribution in [0.3, 0.4) is 0 Å². The fourth-order valence-electron chi connectivity index (χ4n) is 3.39. The molecule has 0 bridgehead atoms. The van der Waals surface area contributed by atoms with Gasteiger partial charge in [0, 0.05) is 31.5 Å². The Kier molecular flexibility index (Phi) is 4.58. The molecule has 0 saturated carbocycles. The van der Waals surface area contributed by atoms with E-state index in [2.05, 4.69) is 20.1 Å². The number of hydrogen-bond acceptors (Lipinski definition) is 5. The van der Waals surface area contributed by atoms with Gasteiger partial charge >= 0.3 is 6.18 Å². The highest BCUT2D eigenvalue weighted by molar-refractivity contribution is 5.73. The van der Waals surface area contributed by atoms with Crippen molar-refractivity contribution in [2.75, 3.05) is 13.2 Å². The Labute approximate surface area is 152 Å². The minimum Gasteiger partial charge on any atom is -0.381 e. The largest absolute Gasteiger partial charge is 0.395 e. The lowest BCUT2D eigenvalue weighted by Crippen LogP contribution is -2.24. The van der Waals surface area contributed by atoms with Gasteiger partial charge in [-0.05, 0) is 19.3 Å². The molecule has 7 nitrogen and oxygen atoms in total. The Morgan fingerprint density at radius 2 is 2.07 bits per heavy atom. The summed E-state index contributed by atoms with van der Waals surface area (Å²) in [6, 6.07) is 0.0833. The Morgan fingerprint density at radius 1 is 1.30 bits per heavy atom. The van der Waals surface area contributed by atoms with Gasteiger partial charge in [-0.3, -0.25) is 9.79 Å². The molecule has 2 aliphatic heterocycles. The molecule has 10 heteroatoms. The number of nitrogens with one attached hydrogen (secondary N) is 1. The van der Waals surface area contributed by atoms with Crippen LogP contribution in [0.5, 0.6) is 0 Å². The lowest BCUT2D eigenvalue weighted by atomic mass is 10.0. The van der Waals surface area contributed by atoms with Crippen molar-refractivity contribution in [3.8, 4) is 0 Å². The zero-order chi connectivity index (χ0) is 19.0. The van der Waals surface area contributed by atoms with E-state index in [4.69, 9.17) is 4.74 Å². The number of aromatic amines is 1. The van der Waals surface area contributed by atoms with Crippen molar-refractivity contribution >= 4 is 17.2 Å². The maximum absolute atomic E-state index is 12.9. The molecule has 144 valence electrons. The van der Waals surface area contributed by atoms with E-state index in [9.17, 15) is 18.0 Å². The van der Waals surface area contributed by atoms with Gasteiger partial charge in [-0.1, -0.05) is 6.08 Å². The van der Waals surface area contributed by atoms with Crippen molar-refractivity contribution in [3.05, 3.63) is 34.1 Å². The highest BCUT2D eigenvalue weighted by Crippen LogP contribution is 2.32. The van der Waals surface area contributed by atoms with E-state index in [0.717, 1.165) is 18.9 Å². The number of aromatic nitrogens is 4. The molecule has 0 aromatic carbocycles. The molecule has 0 spiro atoms. The number of ether oxygens (including phenoxy) is 1. The van der Waals surface area contributed by atoms with Crippen molar-refractivity contribution in [1.29, 1.82) is 0 Å². The van der Waals surface area contributed by atoms with E-state index in [0.29, 0.717) is 24.2 Å². The van der Waals surface area contributed by atoms with Crippen molar-refractivity contribution in [1.82, 2.24) is 19.7 Å². The van der Waals surface area contributed by atoms with E-state index >= 15 is 0 Å². The minimum absolute atomic E-state index is 0.0210. The van der Waals surface area contributed by atoms with Crippen molar-refractivity contribution in [2.45, 2.75) is 37.9 Å². The van der Waals surface area contributed by atoms with Gasteiger partial charge in [0.15, 0.2) is 5.65 Å². The topological polar surface area (TPSA) is 85.2 Å². The third kappa shape index (κ3) is 3.66. The van der Waals surface area contributed by atoms with Crippen molar-refractivity contribution in [3.63, 3.8) is 0 Å². The summed E-state index contributed by atoms with van der Waals surface area (Å²) in [6.07, 6.45) is 0.894. The summed E-state index contributed by atoms with van der Waals surface area (Å²) in [5, 5.41) is 4.66. The fourth-order valence-corrected chi connectivity index (χ4v) is 3.39. The molecule has 0 amide bonds. The highest BCUT2D eigenvalue weighted by Gasteiger charge is 2.38. The summed E-state index contributed by atoms with van der Waals surface area (Å²) in [6.45, 7) is 1.23. The molecule has 4 rings (SSSR count). The van der Waals surface area contributed by atoms with Crippen LogP contribution in [0.4, 0.5) is 13.2 Å². The zero-order valence-corrected chi connectivity index (χ0v) is 14.4. The molecule has 0 aliphatic carbocycles. The highest BCUT2D eigenvalue weighted by atomic mass is 19.4. The molecule has 1 atom stereocenters. The fraction of sp³-hybridized carbons (Fsp3) is 0.529. The summed E-state index contributed by atoms with van der Waals surface area (Å²) in [5.74, 6) is -1.29. The maximum Gasteiger partial charge on any atom is 0.395 e. The van der Waals surface area contributed by atoms with Crippen LogP contribution in [0.1, 0.15) is 31.1 Å². The molecule has 0 radical (unpaired) electrons. The Balaban J connectivity index is 1.65. The second kappa shape index (κ2) is 6.91. The molecule has 2 aromatic rings. The van der Waals surface area contributed by atoms with Crippen LogP contribution in [-0.4, -0.2) is 45.4 Å². The summed E-state index contributed by atoms with van der Waals surface area (Å²) in [5.41, 5.74) is 0.317. The first-order chi connectivity index (χ1) is 12.9. The average molecular weight is 381 g/mol. The molecule has 1 unspecified atom stereocenters. The SMILES string of the molecule is O=c1[nH]c(CC2=CC(C(F)(F)F)CC=N2)nc2c1cnn2C1CCOCC1. The molecule has 2 aliphatic rings. The first-order valence-electron chi connectivity index (χ1n) is 8.76. The Bertz CT molecular complexity index is 954. The molecule has 1 N–H and O–H groups in total. The third-order valence-electron chi connectivity index (χ3n) is 4.83. The van der Waals surface area contributed by atoms with Crippen LogP contribution >= 0.6 is 0 Å². The zero-order valence-electron chi connectivity index (χ0n) is 14.4. The summed E-state index contributed by atoms with van der Waals surface area (Å²) >= 11 is 0. The quantitative estimate of drug-likeness (QED) is 0.886. The van der Waals surface area contributed by atoms with Gasteiger partial charge in [0.05, 0.1) is 18.2 Å². The predicted molar refractivity (Wildman–Crippen MR) is 91.7 cm³/mol. The third-order valence-corrected chi connectivity index (χ3v) is 4.83. The lowest BCUT2D eigenvalue weighted by Gasteiger charge is -2.22. The van der Waals surface area contributed by atoms with Crippen LogP contribution < -0.4 is 5.56 Å². The van der Waals surface area contributed by atoms with Crippen LogP contribution in [0.2, 0.25) is 0 Å². The summed E-state index contributed by atoms with van der Waals surface area (Å²) in [4.78, 5) is 23.5. The van der Waals surface area contributed by atoms with E-state index in [-0.39, 0.29) is 36.0 Å². The van der Waals surface area contributed by atoms with Gasteiger partial charge in [-0.15, -0.1) is 0 Å². The van der Waals surface area contributed by atoms with Gasteiger partial charge < -0.3 is 9.72 Å². The molecule has 1 saturated heterocycles. The molecular weight excluding hydrogens is 363 g/mol. The number of nitrogens with zero attached hydrogens (tertiary/aromatic N) is 4. The number of allylic oxidation sites excluding steroid dienone is 2. The number of halogens is 3. The number of rotatable bonds is 3. The monoisotopic (exact) mass is 381 g/mol. The van der Waals surface area contributed by atoms with Crippen molar-refractivity contribution in [2.24, 2.45) is 10.9 Å². The molecule has 4 heterocycles. The number of fused-ring (bicyclic) bond motifs is 1. The van der Waals surface area contributed by atoms with Crippen LogP contribution in [0, 0.1) is 5.92 Å². The standard InChI is InChI=1S/C17H18F3N5O2/c18-17(19,20)10-1-4-21-11(7-10)8-14-23-15-13(16(26)24-14)9-22-25(15)12-2-5-27-6-3-12/h4,7,9-10,12H,1-3,5-6,8H2,(H,23,24,26). The smallest absolute Gasteiger partial charge is 0.381 e. The van der Waals surface area contributed by atoms with E-state index in [1.807, 2.05) is 0 Å². The van der Waals surface area contributed by atoms with Gasteiger partial charge in [0.25, 0.3) is 5.56 Å². The van der Waals surface area contributed by atoms with Gasteiger partial charge in [-0.2, -0.15) is 18.3 Å². The van der Waals surface area contributed by atoms with Gasteiger partial charge in [0.1, 0.15) is 11.2 Å². The van der Waals surface area contributed by atoms with Gasteiger partial charge in [0.2, 0.25) is 0 Å². The van der Waals surface area contributed by atoms with Crippen LogP contribution in [0.25, 0.3) is 11.0 Å². The van der Waals surface area contributed by atoms with Crippen LogP contribution in [0.15, 0.2) is 27.8 Å². The lowest BCUT2D eigenvalue weighted by molar-refractivity contribution is -0.159. The van der Waals surface area contributed by atoms with E-state index in [1.54, 1.807) is 4.68 Å². The van der Waals surface area contributed by atoms with Crippen LogP contribution in [-0.2, 0) is 11.2 Å². The first kappa shape index (κ1) is 17.9. The molecule has 2 aromatic heterocycles. The number of hydrogen-bond donors (Lipinski definition) is 1. The molecule has 1 fully saturated rings.